The summed E-state index contributed by atoms with van der Waals surface area (Å²) in [5.41, 5.74) is 0.671. The van der Waals surface area contributed by atoms with Crippen molar-refractivity contribution in [1.29, 1.82) is 0 Å². The lowest BCUT2D eigenvalue weighted by molar-refractivity contribution is -0.138. The normalized spacial score (nSPS) is 19.8. The highest BCUT2D eigenvalue weighted by Crippen LogP contribution is 2.35. The number of fused-ring (bicyclic) bond motifs is 1. The molecule has 1 N–H and O–H groups in total. The first-order valence-corrected chi connectivity index (χ1v) is 3.53. The van der Waals surface area contributed by atoms with Crippen molar-refractivity contribution < 1.29 is 14.6 Å². The molecule has 1 unspecified atom stereocenters. The van der Waals surface area contributed by atoms with E-state index >= 15 is 0 Å². The Bertz CT molecular complexity index is 319. The molecule has 1 heterocycles. The highest BCUT2D eigenvalue weighted by Gasteiger charge is 2.31. The summed E-state index contributed by atoms with van der Waals surface area (Å²) in [6, 6.07) is 7.04. The summed E-state index contributed by atoms with van der Waals surface area (Å²) in [4.78, 5) is 10.6. The lowest BCUT2D eigenvalue weighted by Crippen LogP contribution is -2.08. The smallest absolute Gasteiger partial charge is 0.315 e. The summed E-state index contributed by atoms with van der Waals surface area (Å²) < 4.78 is 4.94. The molecule has 0 aliphatic carbocycles. The van der Waals surface area contributed by atoms with Gasteiger partial charge in [0.25, 0.3) is 0 Å². The van der Waals surface area contributed by atoms with Crippen LogP contribution < -0.4 is 4.74 Å². The lowest BCUT2D eigenvalue weighted by atomic mass is 10.0. The second-order valence-corrected chi connectivity index (χ2v) is 2.53. The van der Waals surface area contributed by atoms with Crippen LogP contribution in [0.25, 0.3) is 0 Å². The number of hydrogen-bond acceptors (Lipinski definition) is 2. The predicted octanol–water partition coefficient (Wildman–Crippen LogP) is 1.29. The third-order valence-corrected chi connectivity index (χ3v) is 1.76. The summed E-state index contributed by atoms with van der Waals surface area (Å²) in [6.45, 7) is 2.42. The first-order valence-electron chi connectivity index (χ1n) is 3.53. The Labute approximate surface area is 69.6 Å². The van der Waals surface area contributed by atoms with E-state index in [1.807, 2.05) is 0 Å². The topological polar surface area (TPSA) is 46.5 Å². The van der Waals surface area contributed by atoms with E-state index in [0.29, 0.717) is 11.3 Å². The molecule has 0 fully saturated rings. The molecule has 0 aromatic heterocycles. The van der Waals surface area contributed by atoms with E-state index in [4.69, 9.17) is 9.84 Å². The number of ether oxygens (including phenoxy) is 1. The molecule has 1 aliphatic rings. The Morgan fingerprint density at radius 2 is 2.25 bits per heavy atom. The molecule has 0 saturated carbocycles. The Morgan fingerprint density at radius 1 is 1.50 bits per heavy atom. The molecule has 0 bridgehead atoms. The van der Waals surface area contributed by atoms with Crippen LogP contribution in [-0.2, 0) is 4.79 Å². The Balaban J connectivity index is 2.42. The fraction of sp³-hybridized carbons (Fsp3) is 0.111. The van der Waals surface area contributed by atoms with Crippen LogP contribution in [0, 0.1) is 6.61 Å². The maximum Gasteiger partial charge on any atom is 0.315 e. The zero-order chi connectivity index (χ0) is 8.55. The summed E-state index contributed by atoms with van der Waals surface area (Å²) in [5, 5.41) is 8.72. The van der Waals surface area contributed by atoms with Gasteiger partial charge in [0.1, 0.15) is 11.7 Å². The van der Waals surface area contributed by atoms with Crippen molar-refractivity contribution in [3.8, 4) is 5.75 Å². The minimum absolute atomic E-state index is 0.588. The van der Waals surface area contributed by atoms with E-state index < -0.39 is 11.9 Å². The second-order valence-electron chi connectivity index (χ2n) is 2.53. The maximum atomic E-state index is 10.6. The molecule has 3 nitrogen and oxygen atoms in total. The van der Waals surface area contributed by atoms with Gasteiger partial charge in [0.15, 0.2) is 0 Å². The van der Waals surface area contributed by atoms with Gasteiger partial charge < -0.3 is 9.84 Å². The standard InChI is InChI=1S/C9H6O3/c10-9(11)7-5-12-8-4-2-1-3-6(7)8/h1-4,7H,(H,10,11). The van der Waals surface area contributed by atoms with Gasteiger partial charge in [0.2, 0.25) is 6.61 Å². The molecule has 0 saturated heterocycles. The van der Waals surface area contributed by atoms with E-state index in [2.05, 4.69) is 6.61 Å². The number of benzene rings is 1. The number of carboxylic acids is 1. The third-order valence-electron chi connectivity index (χ3n) is 1.76. The van der Waals surface area contributed by atoms with Crippen LogP contribution >= 0.6 is 0 Å². The van der Waals surface area contributed by atoms with E-state index in [-0.39, 0.29) is 0 Å². The molecule has 0 amide bonds. The molecule has 1 aromatic rings. The van der Waals surface area contributed by atoms with Crippen molar-refractivity contribution in [1.82, 2.24) is 0 Å². The number of carbonyl (C=O) groups is 1. The molecule has 60 valence electrons. The number of carboxylic acid groups (broad SMARTS) is 1. The molecule has 1 aliphatic heterocycles. The van der Waals surface area contributed by atoms with Crippen molar-refractivity contribution >= 4 is 5.97 Å². The van der Waals surface area contributed by atoms with Gasteiger partial charge in [-0.3, -0.25) is 4.79 Å². The Kier molecular flexibility index (Phi) is 1.50. The van der Waals surface area contributed by atoms with Gasteiger partial charge in [-0.2, -0.15) is 0 Å². The average molecular weight is 162 g/mol. The van der Waals surface area contributed by atoms with E-state index in [1.165, 1.54) is 0 Å². The van der Waals surface area contributed by atoms with Crippen LogP contribution in [0.5, 0.6) is 5.75 Å². The highest BCUT2D eigenvalue weighted by atomic mass is 16.5. The van der Waals surface area contributed by atoms with Gasteiger partial charge in [-0.1, -0.05) is 18.2 Å². The lowest BCUT2D eigenvalue weighted by Gasteiger charge is -1.98. The number of rotatable bonds is 1. The van der Waals surface area contributed by atoms with Gasteiger partial charge in [0, 0.05) is 5.56 Å². The Hall–Kier alpha value is -1.51. The first-order chi connectivity index (χ1) is 5.79. The number of hydrogen-bond donors (Lipinski definition) is 1. The van der Waals surface area contributed by atoms with Gasteiger partial charge in [-0.05, 0) is 6.07 Å². The molecule has 1 atom stereocenters. The molecule has 2 radical (unpaired) electrons. The molecular formula is C9H6O3. The quantitative estimate of drug-likeness (QED) is 0.676. The summed E-state index contributed by atoms with van der Waals surface area (Å²) >= 11 is 0. The van der Waals surface area contributed by atoms with Crippen molar-refractivity contribution in [3.63, 3.8) is 0 Å². The van der Waals surface area contributed by atoms with Crippen molar-refractivity contribution in [2.75, 3.05) is 0 Å². The average Bonchev–Trinajstić information content (AvgIpc) is 2.47. The zero-order valence-electron chi connectivity index (χ0n) is 6.15. The van der Waals surface area contributed by atoms with Crippen molar-refractivity contribution in [2.45, 2.75) is 5.92 Å². The van der Waals surface area contributed by atoms with Crippen LogP contribution in [0.2, 0.25) is 0 Å². The SMILES string of the molecule is O=C(O)C1[C]Oc2ccccc21. The van der Waals surface area contributed by atoms with Crippen LogP contribution in [-0.4, -0.2) is 11.1 Å². The second kappa shape index (κ2) is 2.52. The highest BCUT2D eigenvalue weighted by molar-refractivity contribution is 5.79. The molecule has 12 heavy (non-hydrogen) atoms. The predicted molar refractivity (Wildman–Crippen MR) is 40.7 cm³/mol. The molecule has 2 rings (SSSR count). The fourth-order valence-electron chi connectivity index (χ4n) is 1.18. The van der Waals surface area contributed by atoms with Crippen LogP contribution in [0.1, 0.15) is 11.5 Å². The van der Waals surface area contributed by atoms with Crippen LogP contribution in [0.15, 0.2) is 24.3 Å². The van der Waals surface area contributed by atoms with Crippen LogP contribution in [0.4, 0.5) is 0 Å². The molecule has 1 aromatic carbocycles. The minimum Gasteiger partial charge on any atom is -0.481 e. The summed E-state index contributed by atoms with van der Waals surface area (Å²) in [5.74, 6) is -1.08. The maximum absolute atomic E-state index is 10.6. The van der Waals surface area contributed by atoms with E-state index in [9.17, 15) is 4.79 Å². The van der Waals surface area contributed by atoms with E-state index in [1.54, 1.807) is 24.3 Å². The fourth-order valence-corrected chi connectivity index (χ4v) is 1.18. The van der Waals surface area contributed by atoms with Crippen molar-refractivity contribution in [3.05, 3.63) is 36.4 Å². The zero-order valence-corrected chi connectivity index (χ0v) is 6.15. The molecule has 0 spiro atoms. The van der Waals surface area contributed by atoms with E-state index in [0.717, 1.165) is 0 Å². The van der Waals surface area contributed by atoms with Gasteiger partial charge in [-0.25, -0.2) is 0 Å². The third kappa shape index (κ3) is 0.942. The first kappa shape index (κ1) is 7.16. The Morgan fingerprint density at radius 3 is 3.00 bits per heavy atom. The van der Waals surface area contributed by atoms with Gasteiger partial charge in [-0.15, -0.1) is 0 Å². The summed E-state index contributed by atoms with van der Waals surface area (Å²) in [6.07, 6.45) is 0. The molecule has 3 heteroatoms. The largest absolute Gasteiger partial charge is 0.481 e. The van der Waals surface area contributed by atoms with Crippen LogP contribution in [0.3, 0.4) is 0 Å². The number of para-hydroxylation sites is 1. The van der Waals surface area contributed by atoms with Crippen molar-refractivity contribution in [2.24, 2.45) is 0 Å². The minimum atomic E-state index is -0.931. The number of aliphatic carboxylic acids is 1. The summed E-state index contributed by atoms with van der Waals surface area (Å²) in [7, 11) is 0. The van der Waals surface area contributed by atoms with Gasteiger partial charge >= 0.3 is 5.97 Å². The van der Waals surface area contributed by atoms with Gasteiger partial charge in [0.05, 0.1) is 0 Å². The molecular weight excluding hydrogens is 156 g/mol. The monoisotopic (exact) mass is 162 g/mol.